The van der Waals surface area contributed by atoms with E-state index >= 15 is 0 Å². The predicted octanol–water partition coefficient (Wildman–Crippen LogP) is 3.96. The number of esters is 1. The van der Waals surface area contributed by atoms with Gasteiger partial charge in [0.2, 0.25) is 6.10 Å². The van der Waals surface area contributed by atoms with Crippen molar-refractivity contribution in [3.05, 3.63) is 88.4 Å². The quantitative estimate of drug-likeness (QED) is 0.258. The normalized spacial score (nSPS) is 14.8. The second-order valence-corrected chi connectivity index (χ2v) is 7.48. The third-order valence-corrected chi connectivity index (χ3v) is 4.89. The number of benzene rings is 3. The molecule has 1 aliphatic rings. The van der Waals surface area contributed by atoms with Crippen LogP contribution in [0.2, 0.25) is 0 Å². The van der Waals surface area contributed by atoms with E-state index in [9.17, 15) is 9.59 Å². The number of rotatable bonds is 5. The van der Waals surface area contributed by atoms with E-state index in [4.69, 9.17) is 14.2 Å². The highest BCUT2D eigenvalue weighted by molar-refractivity contribution is 9.10. The van der Waals surface area contributed by atoms with Gasteiger partial charge in [-0.2, -0.15) is 5.10 Å². The highest BCUT2D eigenvalue weighted by atomic mass is 79.9. The van der Waals surface area contributed by atoms with Crippen LogP contribution in [-0.2, 0) is 4.79 Å². The molecule has 4 rings (SSSR count). The molecule has 156 valence electrons. The molecular formula is C23H17BrN2O5. The summed E-state index contributed by atoms with van der Waals surface area (Å²) in [7, 11) is 0. The van der Waals surface area contributed by atoms with Crippen molar-refractivity contribution in [2.45, 2.75) is 6.10 Å². The zero-order chi connectivity index (χ0) is 21.6. The van der Waals surface area contributed by atoms with Gasteiger partial charge in [-0.1, -0.05) is 28.1 Å². The molecular weight excluding hydrogens is 464 g/mol. The zero-order valence-electron chi connectivity index (χ0n) is 16.2. The summed E-state index contributed by atoms with van der Waals surface area (Å²) in [5.41, 5.74) is 3.61. The van der Waals surface area contributed by atoms with E-state index in [0.717, 1.165) is 10.0 Å². The molecule has 7 nitrogen and oxygen atoms in total. The maximum absolute atomic E-state index is 12.2. The van der Waals surface area contributed by atoms with Crippen LogP contribution in [0.1, 0.15) is 15.9 Å². The van der Waals surface area contributed by atoms with Gasteiger partial charge in [0.15, 0.2) is 11.5 Å². The van der Waals surface area contributed by atoms with E-state index in [1.165, 1.54) is 6.21 Å². The Morgan fingerprint density at radius 2 is 1.71 bits per heavy atom. The van der Waals surface area contributed by atoms with Crippen LogP contribution in [-0.4, -0.2) is 30.8 Å². The average molecular weight is 481 g/mol. The lowest BCUT2D eigenvalue weighted by atomic mass is 10.2. The van der Waals surface area contributed by atoms with E-state index < -0.39 is 18.0 Å². The third-order valence-electron chi connectivity index (χ3n) is 4.36. The van der Waals surface area contributed by atoms with Crippen molar-refractivity contribution in [3.63, 3.8) is 0 Å². The van der Waals surface area contributed by atoms with E-state index in [2.05, 4.69) is 26.5 Å². The fourth-order valence-electron chi connectivity index (χ4n) is 2.77. The first-order chi connectivity index (χ1) is 15.1. The number of carbonyl (C=O) groups is 2. The molecule has 0 saturated carbocycles. The zero-order valence-corrected chi connectivity index (χ0v) is 17.7. The molecule has 3 aromatic rings. The molecule has 3 aromatic carbocycles. The number of carbonyl (C=O) groups excluding carboxylic acids is 2. The number of nitrogens with zero attached hydrogens (tertiary/aromatic N) is 1. The molecule has 0 bridgehead atoms. The summed E-state index contributed by atoms with van der Waals surface area (Å²) in [4.78, 5) is 24.4. The number of hydrogen-bond acceptors (Lipinski definition) is 6. The van der Waals surface area contributed by atoms with Crippen molar-refractivity contribution < 1.29 is 23.8 Å². The number of fused-ring (bicyclic) bond motifs is 1. The van der Waals surface area contributed by atoms with Crippen LogP contribution in [0.25, 0.3) is 0 Å². The topological polar surface area (TPSA) is 86.2 Å². The number of hydrazone groups is 1. The van der Waals surface area contributed by atoms with E-state index in [1.54, 1.807) is 66.7 Å². The fourth-order valence-corrected chi connectivity index (χ4v) is 3.03. The first-order valence-corrected chi connectivity index (χ1v) is 10.2. The second-order valence-electron chi connectivity index (χ2n) is 6.56. The molecule has 0 saturated heterocycles. The molecule has 1 amide bonds. The lowest BCUT2D eigenvalue weighted by Gasteiger charge is -2.24. The molecule has 1 aliphatic heterocycles. The summed E-state index contributed by atoms with van der Waals surface area (Å²) < 4.78 is 17.4. The van der Waals surface area contributed by atoms with Gasteiger partial charge >= 0.3 is 5.97 Å². The highest BCUT2D eigenvalue weighted by Gasteiger charge is 2.26. The van der Waals surface area contributed by atoms with Gasteiger partial charge in [0.05, 0.1) is 11.8 Å². The highest BCUT2D eigenvalue weighted by Crippen LogP contribution is 2.30. The Morgan fingerprint density at radius 1 is 1.00 bits per heavy atom. The lowest BCUT2D eigenvalue weighted by Crippen LogP contribution is -2.42. The van der Waals surface area contributed by atoms with Gasteiger partial charge in [-0.05, 0) is 66.2 Å². The van der Waals surface area contributed by atoms with Gasteiger partial charge in [0.1, 0.15) is 12.4 Å². The molecule has 1 heterocycles. The van der Waals surface area contributed by atoms with Gasteiger partial charge in [-0.3, -0.25) is 4.79 Å². The molecule has 0 fully saturated rings. The first kappa shape index (κ1) is 20.6. The number of hydrogen-bond donors (Lipinski definition) is 1. The van der Waals surface area contributed by atoms with Crippen LogP contribution in [0.15, 0.2) is 82.4 Å². The fraction of sp³-hybridized carbons (Fsp3) is 0.0870. The smallest absolute Gasteiger partial charge is 0.343 e. The summed E-state index contributed by atoms with van der Waals surface area (Å²) in [6.45, 7) is 0.108. The number of amides is 1. The van der Waals surface area contributed by atoms with E-state index in [0.29, 0.717) is 22.8 Å². The first-order valence-electron chi connectivity index (χ1n) is 9.38. The molecule has 1 unspecified atom stereocenters. The van der Waals surface area contributed by atoms with E-state index in [-0.39, 0.29) is 6.61 Å². The van der Waals surface area contributed by atoms with Gasteiger partial charge in [0, 0.05) is 4.47 Å². The Kier molecular flexibility index (Phi) is 6.28. The van der Waals surface area contributed by atoms with Crippen LogP contribution in [0.4, 0.5) is 0 Å². The van der Waals surface area contributed by atoms with Crippen molar-refractivity contribution in [1.29, 1.82) is 0 Å². The average Bonchev–Trinajstić information content (AvgIpc) is 2.80. The van der Waals surface area contributed by atoms with Crippen molar-refractivity contribution >= 4 is 34.0 Å². The van der Waals surface area contributed by atoms with Crippen molar-refractivity contribution in [2.75, 3.05) is 6.61 Å². The Balaban J connectivity index is 1.29. The second kappa shape index (κ2) is 9.44. The van der Waals surface area contributed by atoms with Crippen LogP contribution >= 0.6 is 15.9 Å². The summed E-state index contributed by atoms with van der Waals surface area (Å²) >= 11 is 3.32. The van der Waals surface area contributed by atoms with Crippen molar-refractivity contribution in [3.8, 4) is 17.2 Å². The molecule has 1 N–H and O–H groups in total. The van der Waals surface area contributed by atoms with Crippen molar-refractivity contribution in [2.24, 2.45) is 5.10 Å². The maximum atomic E-state index is 12.2. The molecule has 1 atom stereocenters. The summed E-state index contributed by atoms with van der Waals surface area (Å²) in [5.74, 6) is 0.672. The van der Waals surface area contributed by atoms with Crippen molar-refractivity contribution in [1.82, 2.24) is 5.43 Å². The maximum Gasteiger partial charge on any atom is 0.343 e. The van der Waals surface area contributed by atoms with Crippen LogP contribution in [0.3, 0.4) is 0 Å². The molecule has 0 aromatic heterocycles. The summed E-state index contributed by atoms with van der Waals surface area (Å²) in [5, 5.41) is 3.95. The summed E-state index contributed by atoms with van der Waals surface area (Å²) in [6.07, 6.45) is 0.697. The van der Waals surface area contributed by atoms with Crippen LogP contribution < -0.4 is 19.6 Å². The standard InChI is InChI=1S/C23H17BrN2O5/c24-17-9-7-16(8-10-17)23(28)30-18-11-5-15(6-12-18)13-25-26-22(27)21-14-29-19-3-1-2-4-20(19)31-21/h1-13,21H,14H2,(H,26,27)/b25-13+. The number of para-hydroxylation sites is 2. The number of nitrogens with one attached hydrogen (secondary N) is 1. The monoisotopic (exact) mass is 480 g/mol. The van der Waals surface area contributed by atoms with Gasteiger partial charge < -0.3 is 14.2 Å². The predicted molar refractivity (Wildman–Crippen MR) is 118 cm³/mol. The van der Waals surface area contributed by atoms with Gasteiger partial charge in [0.25, 0.3) is 5.91 Å². The van der Waals surface area contributed by atoms with Crippen LogP contribution in [0, 0.1) is 0 Å². The molecule has 0 aliphatic carbocycles. The minimum absolute atomic E-state index is 0.108. The van der Waals surface area contributed by atoms with Gasteiger partial charge in [-0.25, -0.2) is 10.2 Å². The van der Waals surface area contributed by atoms with Crippen LogP contribution in [0.5, 0.6) is 17.2 Å². The number of halogens is 1. The Hall–Kier alpha value is -3.65. The molecule has 8 heteroatoms. The largest absolute Gasteiger partial charge is 0.485 e. The minimum atomic E-state index is -0.785. The van der Waals surface area contributed by atoms with Gasteiger partial charge in [-0.15, -0.1) is 0 Å². The summed E-state index contributed by atoms with van der Waals surface area (Å²) in [6, 6.07) is 20.8. The Labute approximate surface area is 186 Å². The van der Waals surface area contributed by atoms with E-state index in [1.807, 2.05) is 6.07 Å². The number of ether oxygens (including phenoxy) is 3. The third kappa shape index (κ3) is 5.29. The molecule has 0 radical (unpaired) electrons. The SMILES string of the molecule is O=C(Oc1ccc(/C=N/NC(=O)C2COc3ccccc3O2)cc1)c1ccc(Br)cc1. The Bertz CT molecular complexity index is 1110. The minimum Gasteiger partial charge on any atom is -0.485 e. The lowest BCUT2D eigenvalue weighted by molar-refractivity contribution is -0.130. The molecule has 0 spiro atoms. The Morgan fingerprint density at radius 3 is 2.45 bits per heavy atom. The molecule has 31 heavy (non-hydrogen) atoms.